The predicted molar refractivity (Wildman–Crippen MR) is 227 cm³/mol. The van der Waals surface area contributed by atoms with Crippen molar-refractivity contribution in [3.8, 4) is 0 Å². The Bertz CT molecular complexity index is 868. The molecule has 0 aliphatic heterocycles. The third-order valence-electron chi connectivity index (χ3n) is 11.0. The summed E-state index contributed by atoms with van der Waals surface area (Å²) in [5, 5.41) is 0. The monoisotopic (exact) mass is 892 g/mol. The third kappa shape index (κ3) is 18.4. The second-order valence-corrected chi connectivity index (χ2v) is 33.1. The predicted octanol–water partition coefficient (Wildman–Crippen LogP) is 13.5. The maximum atomic E-state index is 6.41. The van der Waals surface area contributed by atoms with Gasteiger partial charge in [0.2, 0.25) is 0 Å². The van der Waals surface area contributed by atoms with Crippen molar-refractivity contribution in [1.82, 2.24) is 0 Å². The zero-order valence-corrected chi connectivity index (χ0v) is 40.9. The van der Waals surface area contributed by atoms with Crippen LogP contribution in [0.15, 0.2) is 9.98 Å². The number of rotatable bonds is 17. The summed E-state index contributed by atoms with van der Waals surface area (Å²) >= 11 is 6.00. The topological polar surface area (TPSA) is 43.2 Å². The molecule has 4 atom stereocenters. The molecule has 2 fully saturated rings. The fourth-order valence-corrected chi connectivity index (χ4v) is 9.97. The van der Waals surface area contributed by atoms with Crippen LogP contribution in [0.4, 0.5) is 0 Å². The van der Waals surface area contributed by atoms with Crippen molar-refractivity contribution in [3.63, 3.8) is 0 Å². The summed E-state index contributed by atoms with van der Waals surface area (Å²) < 4.78 is 12.8. The summed E-state index contributed by atoms with van der Waals surface area (Å²) in [4.78, 5) is 11.9. The maximum absolute atomic E-state index is 6.41. The van der Waals surface area contributed by atoms with Crippen LogP contribution < -0.4 is 0 Å². The first-order valence-corrected chi connectivity index (χ1v) is 31.6. The van der Waals surface area contributed by atoms with Crippen molar-refractivity contribution in [2.45, 2.75) is 172 Å². The molecular weight excluding hydrogens is 815 g/mol. The van der Waals surface area contributed by atoms with Gasteiger partial charge >= 0.3 is 39.3 Å². The average molecular weight is 896 g/mol. The normalized spacial score (nSPS) is 29.3. The van der Waals surface area contributed by atoms with Crippen LogP contribution in [0.2, 0.25) is 39.3 Å². The zero-order chi connectivity index (χ0) is 37.7. The van der Waals surface area contributed by atoms with Gasteiger partial charge in [0.1, 0.15) is 0 Å². The second kappa shape index (κ2) is 23.2. The van der Waals surface area contributed by atoms with E-state index in [9.17, 15) is 0 Å². The van der Waals surface area contributed by atoms with Crippen LogP contribution in [0, 0.1) is 59.2 Å². The van der Waals surface area contributed by atoms with Crippen LogP contribution in [0.25, 0.3) is 0 Å². The van der Waals surface area contributed by atoms with Gasteiger partial charge in [-0.15, -0.1) is 0 Å². The molecule has 0 aromatic rings. The van der Waals surface area contributed by atoms with Gasteiger partial charge in [0, 0.05) is 13.2 Å². The molecule has 0 amide bonds. The number of nitrogens with zero attached hydrogens (tertiary/aromatic N) is 2. The molecule has 0 bridgehead atoms. The van der Waals surface area contributed by atoms with E-state index in [4.69, 9.17) is 18.8 Å². The Balaban J connectivity index is 0.00000385. The van der Waals surface area contributed by atoms with Crippen LogP contribution in [0.5, 0.6) is 0 Å². The van der Waals surface area contributed by atoms with E-state index in [1.54, 1.807) is 0 Å². The van der Waals surface area contributed by atoms with Crippen LogP contribution in [0.3, 0.4) is 0 Å². The number of hydrogen-bond donors (Lipinski definition) is 0. The molecule has 9 heteroatoms. The number of halogens is 2. The van der Waals surface area contributed by atoms with Gasteiger partial charge in [-0.2, -0.15) is 0 Å². The van der Waals surface area contributed by atoms with Gasteiger partial charge in [0.05, 0.1) is 23.5 Å². The van der Waals surface area contributed by atoms with Gasteiger partial charge in [0.25, 0.3) is 0 Å². The van der Waals surface area contributed by atoms with Crippen molar-refractivity contribution in [1.29, 1.82) is 0 Å². The molecule has 4 unspecified atom stereocenters. The number of hydrogen-bond acceptors (Lipinski definition) is 4. The van der Waals surface area contributed by atoms with E-state index < -0.39 is 16.6 Å². The van der Waals surface area contributed by atoms with Crippen LogP contribution in [0.1, 0.15) is 121 Å². The standard InChI is InChI=1S/C40H80N2O2Si2.2BrH.Ni/c1-27(2)33-23-31(9)24-34(28(3)4)39(33)41-37(19-17-21-43-45(11,12)13)38(20-18-22-44-46(14,15)16)42-40-35(29(5)6)25-32(10)26-36(40)30(7)8;;;/h27-36,39-40H,17-26H2,1-16H3;2*1H;/q;;;+2/p-2. The van der Waals surface area contributed by atoms with Crippen molar-refractivity contribution >= 4 is 56.5 Å². The summed E-state index contributed by atoms with van der Waals surface area (Å²) in [5.41, 5.74) is 2.62. The van der Waals surface area contributed by atoms with Gasteiger partial charge in [-0.25, -0.2) is 0 Å². The molecule has 0 aromatic heterocycles. The van der Waals surface area contributed by atoms with Gasteiger partial charge in [-0.3, -0.25) is 9.98 Å². The molecule has 4 nitrogen and oxygen atoms in total. The molecule has 0 spiro atoms. The molecule has 2 saturated carbocycles. The van der Waals surface area contributed by atoms with E-state index >= 15 is 0 Å². The minimum absolute atomic E-state index is 0.376. The van der Waals surface area contributed by atoms with E-state index in [2.05, 4.69) is 137 Å². The Hall–Kier alpha value is 1.15. The molecule has 2 rings (SSSR count). The quantitative estimate of drug-likeness (QED) is 0.0829. The molecule has 2 aliphatic carbocycles. The SMILES string of the molecule is CC1CC(C(C)C)C(N=C(CCCO[Si](C)(C)C)C(CCCO[Si](C)(C)C)=NC2C(C(C)C)CC(C)CC2C(C)C)C(C(C)C)C1.[Br][Ni][Br]. The van der Waals surface area contributed by atoms with E-state index in [-0.39, 0.29) is 0 Å². The first kappa shape index (κ1) is 48.2. The molecule has 0 aromatic carbocycles. The van der Waals surface area contributed by atoms with E-state index in [1.807, 2.05) is 0 Å². The molecule has 294 valence electrons. The summed E-state index contributed by atoms with van der Waals surface area (Å²) in [5.74, 6) is 6.60. The zero-order valence-electron chi connectivity index (χ0n) is 34.8. The van der Waals surface area contributed by atoms with Crippen LogP contribution in [-0.4, -0.2) is 53.4 Å². The molecule has 2 aliphatic rings. The summed E-state index contributed by atoms with van der Waals surface area (Å²) in [6, 6.07) is 0.751. The molecule has 0 saturated heterocycles. The molecular formula is C40H80Br2N2NiO2Si2. The van der Waals surface area contributed by atoms with Crippen molar-refractivity contribution in [3.05, 3.63) is 0 Å². The van der Waals surface area contributed by atoms with Gasteiger partial charge in [-0.1, -0.05) is 69.2 Å². The summed E-state index contributed by atoms with van der Waals surface area (Å²) in [7, 11) is -1.89. The Labute approximate surface area is 328 Å². The summed E-state index contributed by atoms with van der Waals surface area (Å²) in [6.07, 6.45) is 9.18. The molecule has 0 radical (unpaired) electrons. The minimum atomic E-state index is -1.57. The number of aliphatic imine (C=N–C) groups is 2. The fourth-order valence-electron chi connectivity index (χ4n) is 8.46. The third-order valence-corrected chi connectivity index (χ3v) is 13.1. The van der Waals surface area contributed by atoms with Crippen LogP contribution >= 0.6 is 28.5 Å². The molecule has 0 N–H and O–H groups in total. The summed E-state index contributed by atoms with van der Waals surface area (Å²) in [6.45, 7) is 40.0. The Kier molecular flexibility index (Phi) is 22.8. The molecule has 0 heterocycles. The Morgan fingerprint density at radius 3 is 1.02 bits per heavy atom. The van der Waals surface area contributed by atoms with Crippen LogP contribution in [-0.2, 0) is 19.7 Å². The first-order valence-electron chi connectivity index (χ1n) is 19.9. The van der Waals surface area contributed by atoms with Crippen molar-refractivity contribution < 1.29 is 19.7 Å². The van der Waals surface area contributed by atoms with Crippen molar-refractivity contribution in [2.24, 2.45) is 69.2 Å². The molecule has 49 heavy (non-hydrogen) atoms. The van der Waals surface area contributed by atoms with E-state index in [0.29, 0.717) is 59.4 Å². The van der Waals surface area contributed by atoms with Gasteiger partial charge in [-0.05, 0) is 150 Å². The second-order valence-electron chi connectivity index (χ2n) is 19.1. The van der Waals surface area contributed by atoms with E-state index in [1.165, 1.54) is 48.0 Å². The Morgan fingerprint density at radius 2 is 0.816 bits per heavy atom. The van der Waals surface area contributed by atoms with Crippen molar-refractivity contribution in [2.75, 3.05) is 13.2 Å². The Morgan fingerprint density at radius 1 is 0.571 bits per heavy atom. The van der Waals surface area contributed by atoms with Gasteiger partial charge in [0.15, 0.2) is 16.6 Å². The van der Waals surface area contributed by atoms with Gasteiger partial charge < -0.3 is 8.85 Å². The van der Waals surface area contributed by atoms with E-state index in [0.717, 1.165) is 50.7 Å². The first-order chi connectivity index (χ1) is 22.6. The average Bonchev–Trinajstić information content (AvgIpc) is 2.96. The fraction of sp³-hybridized carbons (Fsp3) is 0.950.